The molecule has 5 nitrogen and oxygen atoms in total. The number of primary amides is 1. The van der Waals surface area contributed by atoms with Crippen molar-refractivity contribution in [3.8, 4) is 0 Å². The van der Waals surface area contributed by atoms with Crippen molar-refractivity contribution in [1.29, 1.82) is 0 Å². The number of hydrogen-bond acceptors (Lipinski definition) is 4. The molecule has 0 radical (unpaired) electrons. The van der Waals surface area contributed by atoms with Crippen LogP contribution in [0.4, 0.5) is 0 Å². The van der Waals surface area contributed by atoms with Gasteiger partial charge in [0.2, 0.25) is 5.91 Å². The highest BCUT2D eigenvalue weighted by Crippen LogP contribution is 2.27. The molecule has 0 bridgehead atoms. The Morgan fingerprint density at radius 1 is 1.26 bits per heavy atom. The van der Waals surface area contributed by atoms with Gasteiger partial charge in [-0.3, -0.25) is 14.5 Å². The summed E-state index contributed by atoms with van der Waals surface area (Å²) in [4.78, 5) is 29.4. The summed E-state index contributed by atoms with van der Waals surface area (Å²) in [6.07, 6.45) is 4.69. The fourth-order valence-electron chi connectivity index (χ4n) is 3.88. The Morgan fingerprint density at radius 3 is 2.65 bits per heavy atom. The van der Waals surface area contributed by atoms with Gasteiger partial charge in [-0.1, -0.05) is 6.92 Å². The molecule has 23 heavy (non-hydrogen) atoms. The Labute approximate surface area is 141 Å². The van der Waals surface area contributed by atoms with E-state index in [2.05, 4.69) is 11.8 Å². The van der Waals surface area contributed by atoms with Gasteiger partial charge in [-0.2, -0.15) is 0 Å². The predicted octanol–water partition coefficient (Wildman–Crippen LogP) is 1.86. The number of nitrogens with zero attached hydrogens (tertiary/aromatic N) is 2. The summed E-state index contributed by atoms with van der Waals surface area (Å²) in [5.41, 5.74) is 6.67. The summed E-state index contributed by atoms with van der Waals surface area (Å²) in [5, 5.41) is 2.00. The molecule has 3 heterocycles. The monoisotopic (exact) mass is 335 g/mol. The van der Waals surface area contributed by atoms with E-state index in [4.69, 9.17) is 5.73 Å². The first kappa shape index (κ1) is 16.5. The molecule has 1 atom stereocenters. The van der Waals surface area contributed by atoms with Crippen molar-refractivity contribution in [2.45, 2.75) is 51.1 Å². The average Bonchev–Trinajstić information content (AvgIpc) is 3.23. The second kappa shape index (κ2) is 7.01. The number of aryl methyl sites for hydroxylation is 1. The summed E-state index contributed by atoms with van der Waals surface area (Å²) in [7, 11) is 0. The van der Waals surface area contributed by atoms with E-state index < -0.39 is 0 Å². The quantitative estimate of drug-likeness (QED) is 0.913. The lowest BCUT2D eigenvalue weighted by molar-refractivity contribution is -0.123. The van der Waals surface area contributed by atoms with Crippen LogP contribution in [0.2, 0.25) is 0 Å². The number of carbonyl (C=O) groups is 2. The molecule has 2 fully saturated rings. The number of rotatable bonds is 4. The second-order valence-electron chi connectivity index (χ2n) is 6.45. The number of carbonyl (C=O) groups excluding carboxylic acids is 2. The summed E-state index contributed by atoms with van der Waals surface area (Å²) in [6, 6.07) is 2.33. The predicted molar refractivity (Wildman–Crippen MR) is 91.5 cm³/mol. The van der Waals surface area contributed by atoms with E-state index in [9.17, 15) is 9.59 Å². The van der Waals surface area contributed by atoms with E-state index in [-0.39, 0.29) is 17.9 Å². The van der Waals surface area contributed by atoms with Crippen LogP contribution in [0.15, 0.2) is 11.4 Å². The van der Waals surface area contributed by atoms with Crippen molar-refractivity contribution >= 4 is 23.2 Å². The van der Waals surface area contributed by atoms with Crippen LogP contribution < -0.4 is 5.73 Å². The van der Waals surface area contributed by atoms with E-state index in [1.54, 1.807) is 11.3 Å². The number of piperidine rings is 1. The molecule has 3 rings (SSSR count). The van der Waals surface area contributed by atoms with Gasteiger partial charge in [0.25, 0.3) is 5.91 Å². The maximum atomic E-state index is 12.7. The van der Waals surface area contributed by atoms with Crippen molar-refractivity contribution in [3.05, 3.63) is 21.9 Å². The SMILES string of the molecule is CCc1ccsc1C(=O)N1CCC(N2CCC[C@H]2C(N)=O)CC1. The Bertz CT molecular complexity index is 578. The van der Waals surface area contributed by atoms with Gasteiger partial charge in [-0.05, 0) is 55.7 Å². The zero-order valence-electron chi connectivity index (χ0n) is 13.7. The molecule has 1 aromatic heterocycles. The van der Waals surface area contributed by atoms with Gasteiger partial charge < -0.3 is 10.6 Å². The number of amides is 2. The molecule has 6 heteroatoms. The lowest BCUT2D eigenvalue weighted by Crippen LogP contribution is -2.51. The van der Waals surface area contributed by atoms with Gasteiger partial charge in [-0.15, -0.1) is 11.3 Å². The maximum Gasteiger partial charge on any atom is 0.264 e. The minimum atomic E-state index is -0.202. The normalized spacial score (nSPS) is 23.3. The van der Waals surface area contributed by atoms with Gasteiger partial charge in [0, 0.05) is 19.1 Å². The molecular weight excluding hydrogens is 310 g/mol. The van der Waals surface area contributed by atoms with E-state index in [0.29, 0.717) is 6.04 Å². The molecule has 2 aliphatic heterocycles. The van der Waals surface area contributed by atoms with Crippen LogP contribution in [0.3, 0.4) is 0 Å². The molecule has 2 aliphatic rings. The van der Waals surface area contributed by atoms with Crippen LogP contribution in [0.1, 0.15) is 47.8 Å². The van der Waals surface area contributed by atoms with Crippen molar-refractivity contribution in [1.82, 2.24) is 9.80 Å². The molecule has 126 valence electrons. The Balaban J connectivity index is 1.60. The van der Waals surface area contributed by atoms with Gasteiger partial charge >= 0.3 is 0 Å². The molecule has 0 saturated carbocycles. The lowest BCUT2D eigenvalue weighted by Gasteiger charge is -2.38. The number of likely N-dealkylation sites (tertiary alicyclic amines) is 2. The molecule has 0 aromatic carbocycles. The Hall–Kier alpha value is -1.40. The lowest BCUT2D eigenvalue weighted by atomic mass is 10.0. The van der Waals surface area contributed by atoms with Gasteiger partial charge in [-0.25, -0.2) is 0 Å². The summed E-state index contributed by atoms with van der Waals surface area (Å²) in [6.45, 7) is 4.58. The third-order valence-corrected chi connectivity index (χ3v) is 6.11. The molecule has 2 amide bonds. The molecule has 2 saturated heterocycles. The summed E-state index contributed by atoms with van der Waals surface area (Å²) >= 11 is 1.54. The van der Waals surface area contributed by atoms with E-state index in [1.807, 2.05) is 16.3 Å². The fourth-order valence-corrected chi connectivity index (χ4v) is 4.84. The van der Waals surface area contributed by atoms with Crippen LogP contribution >= 0.6 is 11.3 Å². The highest BCUT2D eigenvalue weighted by molar-refractivity contribution is 7.12. The molecule has 0 spiro atoms. The largest absolute Gasteiger partial charge is 0.368 e. The van der Waals surface area contributed by atoms with E-state index in [0.717, 1.165) is 62.2 Å². The standard InChI is InChI=1S/C17H25N3O2S/c1-2-12-7-11-23-15(12)17(22)19-9-5-13(6-10-19)20-8-3-4-14(20)16(18)21/h7,11,13-14H,2-6,8-10H2,1H3,(H2,18,21)/t14-/m0/s1. The molecular formula is C17H25N3O2S. The van der Waals surface area contributed by atoms with E-state index >= 15 is 0 Å². The molecule has 0 aliphatic carbocycles. The van der Waals surface area contributed by atoms with Crippen LogP contribution in [0.5, 0.6) is 0 Å². The zero-order chi connectivity index (χ0) is 16.4. The van der Waals surface area contributed by atoms with Crippen LogP contribution in [0, 0.1) is 0 Å². The Kier molecular flexibility index (Phi) is 5.02. The smallest absolute Gasteiger partial charge is 0.264 e. The molecule has 2 N–H and O–H groups in total. The Morgan fingerprint density at radius 2 is 2.00 bits per heavy atom. The zero-order valence-corrected chi connectivity index (χ0v) is 14.5. The number of nitrogens with two attached hydrogens (primary N) is 1. The van der Waals surface area contributed by atoms with Crippen molar-refractivity contribution in [3.63, 3.8) is 0 Å². The molecule has 1 aromatic rings. The number of thiophene rings is 1. The first-order valence-corrected chi connectivity index (χ1v) is 9.40. The highest BCUT2D eigenvalue weighted by Gasteiger charge is 2.36. The van der Waals surface area contributed by atoms with Crippen LogP contribution in [0.25, 0.3) is 0 Å². The summed E-state index contributed by atoms with van der Waals surface area (Å²) in [5.74, 6) is -0.0321. The first-order chi connectivity index (χ1) is 11.1. The van der Waals surface area contributed by atoms with Crippen molar-refractivity contribution in [2.75, 3.05) is 19.6 Å². The summed E-state index contributed by atoms with van der Waals surface area (Å²) < 4.78 is 0. The minimum Gasteiger partial charge on any atom is -0.368 e. The third-order valence-electron chi connectivity index (χ3n) is 5.17. The average molecular weight is 335 g/mol. The van der Waals surface area contributed by atoms with Crippen molar-refractivity contribution < 1.29 is 9.59 Å². The topological polar surface area (TPSA) is 66.6 Å². The molecule has 0 unspecified atom stereocenters. The first-order valence-electron chi connectivity index (χ1n) is 8.52. The minimum absolute atomic E-state index is 0.105. The second-order valence-corrected chi connectivity index (χ2v) is 7.37. The third kappa shape index (κ3) is 3.28. The van der Waals surface area contributed by atoms with Gasteiger partial charge in [0.15, 0.2) is 0 Å². The van der Waals surface area contributed by atoms with E-state index in [1.165, 1.54) is 0 Å². The van der Waals surface area contributed by atoms with Gasteiger partial charge in [0.05, 0.1) is 10.9 Å². The van der Waals surface area contributed by atoms with Crippen LogP contribution in [-0.4, -0.2) is 53.3 Å². The van der Waals surface area contributed by atoms with Crippen LogP contribution in [-0.2, 0) is 11.2 Å². The van der Waals surface area contributed by atoms with Gasteiger partial charge in [0.1, 0.15) is 0 Å². The maximum absolute atomic E-state index is 12.7. The van der Waals surface area contributed by atoms with Crippen molar-refractivity contribution in [2.24, 2.45) is 5.73 Å². The highest BCUT2D eigenvalue weighted by atomic mass is 32.1. The fraction of sp³-hybridized carbons (Fsp3) is 0.647. The number of hydrogen-bond donors (Lipinski definition) is 1.